The number of aromatic nitrogens is 3. The van der Waals surface area contributed by atoms with Crippen molar-refractivity contribution in [3.8, 4) is 22.9 Å². The van der Waals surface area contributed by atoms with Crippen LogP contribution in [0.5, 0.6) is 11.5 Å². The number of fused-ring (bicyclic) bond motifs is 3. The Labute approximate surface area is 376 Å². The fraction of sp³-hybridized carbons (Fsp3) is 0.431. The molecule has 12 heteroatoms. The van der Waals surface area contributed by atoms with Crippen molar-refractivity contribution in [1.29, 1.82) is 0 Å². The Morgan fingerprint density at radius 3 is 2.57 bits per heavy atom. The van der Waals surface area contributed by atoms with Gasteiger partial charge in [-0.05, 0) is 154 Å². The third-order valence-corrected chi connectivity index (χ3v) is 14.2. The number of pyridine rings is 1. The molecule has 330 valence electrons. The standard InChI is InChI=1S/C51H59ClN6O5/c1-5-58(45-19-25-54-47(56-45)40-13-6-7-15-43(40)62-4)27-26-55-48(59)36-17-16-35-29-37(28-33(2)32-63-44-18-24-53-42-14-8-10-34(3)46(42)44)50(41(35)30-36)20-22-51(23-21-50,49(60)61)57-39-12-9-11-38(52)31-39/h6-7,9,11-13,15-19,24-25,30-31,33-34,37,57H,5,8,10,14,20-23,26-29,32H2,1-4H3,(H,55,59)(H,60,61)/t33-,34-,37+,50?,51?/m1/s1. The minimum atomic E-state index is -1.15. The van der Waals surface area contributed by atoms with Crippen LogP contribution in [0.1, 0.15) is 104 Å². The molecule has 0 saturated heterocycles. The van der Waals surface area contributed by atoms with Gasteiger partial charge in [-0.15, -0.1) is 0 Å². The van der Waals surface area contributed by atoms with Crippen LogP contribution in [-0.4, -0.2) is 70.8 Å². The van der Waals surface area contributed by atoms with E-state index in [1.54, 1.807) is 25.4 Å². The molecule has 1 amide bonds. The van der Waals surface area contributed by atoms with E-state index in [2.05, 4.69) is 58.4 Å². The third kappa shape index (κ3) is 9.21. The Morgan fingerprint density at radius 1 is 0.984 bits per heavy atom. The van der Waals surface area contributed by atoms with Gasteiger partial charge < -0.3 is 30.1 Å². The second-order valence-electron chi connectivity index (χ2n) is 17.8. The molecule has 3 aliphatic rings. The fourth-order valence-electron chi connectivity index (χ4n) is 10.6. The summed E-state index contributed by atoms with van der Waals surface area (Å²) < 4.78 is 12.2. The van der Waals surface area contributed by atoms with Crippen LogP contribution in [-0.2, 0) is 23.1 Å². The molecule has 11 nitrogen and oxygen atoms in total. The van der Waals surface area contributed by atoms with Gasteiger partial charge in [-0.1, -0.05) is 49.7 Å². The number of hydrogen-bond donors (Lipinski definition) is 3. The second-order valence-corrected chi connectivity index (χ2v) is 18.3. The van der Waals surface area contributed by atoms with Gasteiger partial charge in [0.2, 0.25) is 0 Å². The molecule has 1 spiro atoms. The minimum absolute atomic E-state index is 0.139. The highest BCUT2D eigenvalue weighted by Crippen LogP contribution is 2.56. The maximum absolute atomic E-state index is 14.0. The molecule has 0 aliphatic heterocycles. The zero-order chi connectivity index (χ0) is 44.1. The zero-order valence-corrected chi connectivity index (χ0v) is 37.6. The number of rotatable bonds is 16. The molecule has 2 heterocycles. The largest absolute Gasteiger partial charge is 0.496 e. The predicted octanol–water partition coefficient (Wildman–Crippen LogP) is 9.92. The summed E-state index contributed by atoms with van der Waals surface area (Å²) in [5.74, 6) is 2.90. The third-order valence-electron chi connectivity index (χ3n) is 13.9. The van der Waals surface area contributed by atoms with Gasteiger partial charge >= 0.3 is 5.97 Å². The number of carbonyl (C=O) groups excluding carboxylic acids is 1. The average molecular weight is 872 g/mol. The smallest absolute Gasteiger partial charge is 0.329 e. The first-order valence-electron chi connectivity index (χ1n) is 22.5. The Hall–Kier alpha value is -5.68. The summed E-state index contributed by atoms with van der Waals surface area (Å²) in [6.45, 7) is 8.84. The van der Waals surface area contributed by atoms with Gasteiger partial charge in [0.1, 0.15) is 22.9 Å². The number of aryl methyl sites for hydroxylation is 1. The Bertz CT molecular complexity index is 2440. The van der Waals surface area contributed by atoms with Crippen LogP contribution in [0.3, 0.4) is 0 Å². The van der Waals surface area contributed by atoms with Crippen LogP contribution in [0.25, 0.3) is 11.4 Å². The van der Waals surface area contributed by atoms with Crippen molar-refractivity contribution < 1.29 is 24.2 Å². The van der Waals surface area contributed by atoms with Crippen LogP contribution in [0.4, 0.5) is 11.5 Å². The number of methoxy groups -OCH3 is 1. The molecular weight excluding hydrogens is 812 g/mol. The fourth-order valence-corrected chi connectivity index (χ4v) is 10.8. The van der Waals surface area contributed by atoms with Gasteiger partial charge in [0.05, 0.1) is 19.3 Å². The van der Waals surface area contributed by atoms with Crippen molar-refractivity contribution in [1.82, 2.24) is 20.3 Å². The maximum atomic E-state index is 14.0. The van der Waals surface area contributed by atoms with Crippen molar-refractivity contribution in [2.24, 2.45) is 11.8 Å². The number of hydrogen-bond acceptors (Lipinski definition) is 9. The molecule has 63 heavy (non-hydrogen) atoms. The molecule has 3 aliphatic carbocycles. The van der Waals surface area contributed by atoms with E-state index < -0.39 is 11.5 Å². The van der Waals surface area contributed by atoms with Gasteiger partial charge in [0, 0.05) is 59.6 Å². The van der Waals surface area contributed by atoms with Crippen molar-refractivity contribution in [2.75, 3.05) is 43.6 Å². The Kier molecular flexibility index (Phi) is 13.2. The SMILES string of the molecule is CCN(CCNC(=O)c1ccc2c(c1)C1(CCC(Nc3cccc(Cl)c3)(C(=O)O)CC1)[C@@H](C[C@@H](C)COc1ccnc3c1[C@H](C)CCC3)C2)c1ccnc(-c2ccccc2OC)n1. The number of nitrogens with one attached hydrogen (secondary N) is 2. The maximum Gasteiger partial charge on any atom is 0.329 e. The number of carboxylic acids is 1. The highest BCUT2D eigenvalue weighted by Gasteiger charge is 2.54. The first-order valence-corrected chi connectivity index (χ1v) is 22.9. The average Bonchev–Trinajstić information content (AvgIpc) is 3.58. The summed E-state index contributed by atoms with van der Waals surface area (Å²) in [7, 11) is 1.64. The van der Waals surface area contributed by atoms with Gasteiger partial charge in [0.15, 0.2) is 5.82 Å². The number of nitrogens with zero attached hydrogens (tertiary/aromatic N) is 4. The number of likely N-dealkylation sites (N-methyl/N-ethyl adjacent to an activating group) is 1. The number of aliphatic carboxylic acids is 1. The number of para-hydroxylation sites is 1. The Morgan fingerprint density at radius 2 is 1.79 bits per heavy atom. The highest BCUT2D eigenvalue weighted by molar-refractivity contribution is 6.30. The predicted molar refractivity (Wildman–Crippen MR) is 248 cm³/mol. The molecule has 3 aromatic carbocycles. The number of amides is 1. The topological polar surface area (TPSA) is 139 Å². The molecule has 3 atom stereocenters. The molecule has 0 unspecified atom stereocenters. The van der Waals surface area contributed by atoms with E-state index in [1.807, 2.05) is 60.8 Å². The summed E-state index contributed by atoms with van der Waals surface area (Å²) in [5, 5.41) is 17.9. The highest BCUT2D eigenvalue weighted by atomic mass is 35.5. The van der Waals surface area contributed by atoms with Gasteiger partial charge in [0.25, 0.3) is 5.91 Å². The number of carboxylic acid groups (broad SMARTS) is 1. The molecule has 8 rings (SSSR count). The van der Waals surface area contributed by atoms with Crippen molar-refractivity contribution in [3.05, 3.63) is 124 Å². The van der Waals surface area contributed by atoms with E-state index in [-0.39, 0.29) is 23.2 Å². The molecule has 0 bridgehead atoms. The molecule has 3 N–H and O–H groups in total. The molecule has 1 saturated carbocycles. The summed E-state index contributed by atoms with van der Waals surface area (Å²) in [6.07, 6.45) is 10.9. The van der Waals surface area contributed by atoms with E-state index >= 15 is 0 Å². The van der Waals surface area contributed by atoms with Gasteiger partial charge in [-0.2, -0.15) is 0 Å². The minimum Gasteiger partial charge on any atom is -0.496 e. The number of ether oxygens (including phenoxy) is 2. The number of benzene rings is 3. The van der Waals surface area contributed by atoms with Crippen molar-refractivity contribution in [3.63, 3.8) is 0 Å². The molecule has 0 radical (unpaired) electrons. The van der Waals surface area contributed by atoms with E-state index in [9.17, 15) is 14.7 Å². The summed E-state index contributed by atoms with van der Waals surface area (Å²) in [5.41, 5.74) is 5.49. The zero-order valence-electron chi connectivity index (χ0n) is 36.8. The number of carbonyl (C=O) groups is 2. The lowest BCUT2D eigenvalue weighted by atomic mass is 9.59. The van der Waals surface area contributed by atoms with Crippen molar-refractivity contribution in [2.45, 2.75) is 95.4 Å². The summed E-state index contributed by atoms with van der Waals surface area (Å²) in [4.78, 5) is 43.3. The van der Waals surface area contributed by atoms with E-state index in [0.717, 1.165) is 54.9 Å². The number of halogens is 1. The number of anilines is 2. The van der Waals surface area contributed by atoms with Crippen LogP contribution < -0.4 is 25.0 Å². The van der Waals surface area contributed by atoms with Gasteiger partial charge in [-0.25, -0.2) is 14.8 Å². The molecule has 1 fully saturated rings. The van der Waals surface area contributed by atoms with Crippen LogP contribution in [0, 0.1) is 11.8 Å². The van der Waals surface area contributed by atoms with E-state index in [4.69, 9.17) is 26.1 Å². The lowest BCUT2D eigenvalue weighted by Gasteiger charge is -2.47. The summed E-state index contributed by atoms with van der Waals surface area (Å²) >= 11 is 6.33. The second kappa shape index (κ2) is 19.0. The van der Waals surface area contributed by atoms with E-state index in [0.29, 0.717) is 85.7 Å². The Balaban J connectivity index is 0.998. The van der Waals surface area contributed by atoms with Crippen LogP contribution in [0.2, 0.25) is 5.02 Å². The van der Waals surface area contributed by atoms with Crippen molar-refractivity contribution >= 4 is 35.0 Å². The first kappa shape index (κ1) is 43.9. The molecular formula is C51H59ClN6O5. The lowest BCUT2D eigenvalue weighted by Crippen LogP contribution is -2.53. The lowest BCUT2D eigenvalue weighted by molar-refractivity contribution is -0.144. The van der Waals surface area contributed by atoms with Gasteiger partial charge in [-0.3, -0.25) is 9.78 Å². The monoisotopic (exact) mass is 870 g/mol. The normalized spacial score (nSPS) is 21.8. The van der Waals surface area contributed by atoms with E-state index in [1.165, 1.54) is 16.7 Å². The summed E-state index contributed by atoms with van der Waals surface area (Å²) in [6, 6.07) is 25.0. The molecule has 2 aromatic heterocycles. The molecule has 5 aromatic rings. The van der Waals surface area contributed by atoms with Crippen LogP contribution >= 0.6 is 11.6 Å². The van der Waals surface area contributed by atoms with Crippen LogP contribution in [0.15, 0.2) is 91.3 Å². The quantitative estimate of drug-likeness (QED) is 0.0879. The first-order chi connectivity index (χ1) is 30.5.